The predicted molar refractivity (Wildman–Crippen MR) is 40.7 cm³/mol. The second kappa shape index (κ2) is 2.98. The molecule has 2 N–H and O–H groups in total. The van der Waals surface area contributed by atoms with Crippen molar-refractivity contribution >= 4 is 15.9 Å². The van der Waals surface area contributed by atoms with Gasteiger partial charge in [-0.2, -0.15) is 0 Å². The highest BCUT2D eigenvalue weighted by Gasteiger charge is 1.94. The standard InChI is InChI=1S/C6H6BrNO2/c7-5-1-4(3-9)2-8-6(5)10/h1-2,9H,3H2,(H,8,10). The van der Waals surface area contributed by atoms with Crippen molar-refractivity contribution in [2.45, 2.75) is 6.61 Å². The molecule has 0 aliphatic rings. The maximum atomic E-state index is 10.7. The molecule has 54 valence electrons. The fraction of sp³-hybridized carbons (Fsp3) is 0.167. The van der Waals surface area contributed by atoms with Crippen LogP contribution in [0.25, 0.3) is 0 Å². The fourth-order valence-electron chi connectivity index (χ4n) is 0.588. The quantitative estimate of drug-likeness (QED) is 0.704. The summed E-state index contributed by atoms with van der Waals surface area (Å²) < 4.78 is 0.444. The number of aromatic amines is 1. The van der Waals surface area contributed by atoms with Crippen molar-refractivity contribution in [3.05, 3.63) is 32.7 Å². The number of halogens is 1. The van der Waals surface area contributed by atoms with Gasteiger partial charge in [0.1, 0.15) is 0 Å². The summed E-state index contributed by atoms with van der Waals surface area (Å²) in [6, 6.07) is 1.58. The van der Waals surface area contributed by atoms with Crippen molar-refractivity contribution in [2.75, 3.05) is 0 Å². The number of nitrogens with one attached hydrogen (secondary N) is 1. The third kappa shape index (κ3) is 1.46. The van der Waals surface area contributed by atoms with Crippen LogP contribution in [0.2, 0.25) is 0 Å². The molecule has 0 aliphatic heterocycles. The Morgan fingerprint density at radius 1 is 1.70 bits per heavy atom. The minimum absolute atomic E-state index is 0.0601. The van der Waals surface area contributed by atoms with E-state index in [4.69, 9.17) is 5.11 Å². The molecule has 0 aromatic carbocycles. The van der Waals surface area contributed by atoms with Gasteiger partial charge >= 0.3 is 0 Å². The van der Waals surface area contributed by atoms with E-state index in [0.29, 0.717) is 10.0 Å². The van der Waals surface area contributed by atoms with Crippen LogP contribution in [0.15, 0.2) is 21.5 Å². The number of rotatable bonds is 1. The van der Waals surface area contributed by atoms with Gasteiger partial charge in [-0.05, 0) is 27.6 Å². The van der Waals surface area contributed by atoms with Crippen molar-refractivity contribution in [3.8, 4) is 0 Å². The molecule has 0 fully saturated rings. The Balaban J connectivity index is 3.17. The third-order valence-corrected chi connectivity index (χ3v) is 1.69. The summed E-state index contributed by atoms with van der Waals surface area (Å²) in [7, 11) is 0. The first kappa shape index (κ1) is 7.50. The Kier molecular flexibility index (Phi) is 2.24. The van der Waals surface area contributed by atoms with Crippen LogP contribution in [0.4, 0.5) is 0 Å². The molecule has 1 heterocycles. The average molecular weight is 204 g/mol. The topological polar surface area (TPSA) is 53.1 Å². The van der Waals surface area contributed by atoms with E-state index >= 15 is 0 Å². The van der Waals surface area contributed by atoms with Gasteiger partial charge in [0.15, 0.2) is 0 Å². The van der Waals surface area contributed by atoms with E-state index in [2.05, 4.69) is 20.9 Å². The summed E-state index contributed by atoms with van der Waals surface area (Å²) in [5.74, 6) is 0. The lowest BCUT2D eigenvalue weighted by Crippen LogP contribution is -2.06. The number of aliphatic hydroxyl groups is 1. The first-order chi connectivity index (χ1) is 4.74. The van der Waals surface area contributed by atoms with Crippen LogP contribution in [0.5, 0.6) is 0 Å². The lowest BCUT2D eigenvalue weighted by Gasteiger charge is -1.93. The van der Waals surface area contributed by atoms with Crippen molar-refractivity contribution in [2.24, 2.45) is 0 Å². The van der Waals surface area contributed by atoms with Gasteiger partial charge in [0.05, 0.1) is 11.1 Å². The van der Waals surface area contributed by atoms with Gasteiger partial charge in [-0.3, -0.25) is 4.79 Å². The van der Waals surface area contributed by atoms with E-state index in [9.17, 15) is 4.79 Å². The van der Waals surface area contributed by atoms with Gasteiger partial charge in [-0.15, -0.1) is 0 Å². The van der Waals surface area contributed by atoms with Crippen LogP contribution in [-0.4, -0.2) is 10.1 Å². The number of hydrogen-bond acceptors (Lipinski definition) is 2. The van der Waals surface area contributed by atoms with E-state index in [1.807, 2.05) is 0 Å². The fourth-order valence-corrected chi connectivity index (χ4v) is 0.997. The van der Waals surface area contributed by atoms with E-state index in [1.54, 1.807) is 6.07 Å². The number of H-pyrrole nitrogens is 1. The first-order valence-electron chi connectivity index (χ1n) is 2.72. The monoisotopic (exact) mass is 203 g/mol. The Hall–Kier alpha value is -0.610. The molecule has 0 unspecified atom stereocenters. The molecule has 0 spiro atoms. The SMILES string of the molecule is O=c1[nH]cc(CO)cc1Br. The Bertz CT molecular complexity index is 281. The molecule has 0 aliphatic carbocycles. The zero-order chi connectivity index (χ0) is 7.56. The van der Waals surface area contributed by atoms with Crippen molar-refractivity contribution in [1.29, 1.82) is 0 Å². The number of pyridine rings is 1. The van der Waals surface area contributed by atoms with Gasteiger partial charge in [0.2, 0.25) is 0 Å². The molecule has 0 bridgehead atoms. The summed E-state index contributed by atoms with van der Waals surface area (Å²) >= 11 is 3.03. The lowest BCUT2D eigenvalue weighted by atomic mass is 10.3. The zero-order valence-electron chi connectivity index (χ0n) is 5.10. The van der Waals surface area contributed by atoms with Crippen LogP contribution in [0.3, 0.4) is 0 Å². The minimum atomic E-state index is -0.183. The highest BCUT2D eigenvalue weighted by Crippen LogP contribution is 2.03. The second-order valence-corrected chi connectivity index (χ2v) is 2.70. The summed E-state index contributed by atoms with van der Waals surface area (Å²) in [5, 5.41) is 8.61. The molecule has 1 rings (SSSR count). The van der Waals surface area contributed by atoms with Crippen LogP contribution in [0.1, 0.15) is 5.56 Å². The van der Waals surface area contributed by atoms with Gasteiger partial charge in [-0.1, -0.05) is 0 Å². The van der Waals surface area contributed by atoms with E-state index in [0.717, 1.165) is 0 Å². The predicted octanol–water partition coefficient (Wildman–Crippen LogP) is 0.630. The lowest BCUT2D eigenvalue weighted by molar-refractivity contribution is 0.281. The summed E-state index contributed by atoms with van der Waals surface area (Å²) in [4.78, 5) is 13.2. The number of hydrogen-bond donors (Lipinski definition) is 2. The molecular formula is C6H6BrNO2. The van der Waals surface area contributed by atoms with Crippen LogP contribution < -0.4 is 5.56 Å². The second-order valence-electron chi connectivity index (χ2n) is 1.84. The Morgan fingerprint density at radius 2 is 2.40 bits per heavy atom. The molecule has 0 saturated heterocycles. The molecule has 0 amide bonds. The van der Waals surface area contributed by atoms with Crippen LogP contribution in [-0.2, 0) is 6.61 Å². The molecule has 1 aromatic rings. The van der Waals surface area contributed by atoms with Crippen LogP contribution >= 0.6 is 15.9 Å². The number of aliphatic hydroxyl groups excluding tert-OH is 1. The number of aromatic nitrogens is 1. The van der Waals surface area contributed by atoms with E-state index < -0.39 is 0 Å². The van der Waals surface area contributed by atoms with Crippen LogP contribution in [0, 0.1) is 0 Å². The smallest absolute Gasteiger partial charge is 0.262 e. The molecule has 0 radical (unpaired) electrons. The third-order valence-electron chi connectivity index (χ3n) is 1.10. The highest BCUT2D eigenvalue weighted by molar-refractivity contribution is 9.10. The van der Waals surface area contributed by atoms with Gasteiger partial charge in [0, 0.05) is 6.20 Å². The maximum Gasteiger partial charge on any atom is 0.262 e. The molecule has 1 aromatic heterocycles. The van der Waals surface area contributed by atoms with Gasteiger partial charge < -0.3 is 10.1 Å². The Labute approximate surface area is 65.8 Å². The zero-order valence-corrected chi connectivity index (χ0v) is 6.68. The summed E-state index contributed by atoms with van der Waals surface area (Å²) in [5.41, 5.74) is 0.503. The Morgan fingerprint density at radius 3 is 2.90 bits per heavy atom. The maximum absolute atomic E-state index is 10.7. The molecule has 10 heavy (non-hydrogen) atoms. The van der Waals surface area contributed by atoms with E-state index in [-0.39, 0.29) is 12.2 Å². The summed E-state index contributed by atoms with van der Waals surface area (Å²) in [6.45, 7) is -0.0601. The van der Waals surface area contributed by atoms with Gasteiger partial charge in [-0.25, -0.2) is 0 Å². The molecule has 0 atom stereocenters. The molecule has 3 nitrogen and oxygen atoms in total. The van der Waals surface area contributed by atoms with Crippen molar-refractivity contribution in [3.63, 3.8) is 0 Å². The minimum Gasteiger partial charge on any atom is -0.392 e. The van der Waals surface area contributed by atoms with Crippen molar-refractivity contribution in [1.82, 2.24) is 4.98 Å². The largest absolute Gasteiger partial charge is 0.392 e. The normalized spacial score (nSPS) is 9.80. The molecule has 0 saturated carbocycles. The van der Waals surface area contributed by atoms with E-state index in [1.165, 1.54) is 6.20 Å². The van der Waals surface area contributed by atoms with Gasteiger partial charge in [0.25, 0.3) is 5.56 Å². The molecule has 4 heteroatoms. The van der Waals surface area contributed by atoms with Crippen molar-refractivity contribution < 1.29 is 5.11 Å². The molecular weight excluding hydrogens is 198 g/mol. The average Bonchev–Trinajstić information content (AvgIpc) is 1.95. The first-order valence-corrected chi connectivity index (χ1v) is 3.51. The highest BCUT2D eigenvalue weighted by atomic mass is 79.9. The summed E-state index contributed by atoms with van der Waals surface area (Å²) in [6.07, 6.45) is 1.48.